The zero-order valence-corrected chi connectivity index (χ0v) is 12.8. The number of carbonyl (C=O) groups excluding carboxylic acids is 1. The van der Waals surface area contributed by atoms with Gasteiger partial charge in [0.25, 0.3) is 0 Å². The zero-order chi connectivity index (χ0) is 15.8. The SMILES string of the molecule is Cc1cc(S(=O)(=O)N2CCCN(C)C(=O)C2)cc(N)c1F. The Morgan fingerprint density at radius 3 is 2.57 bits per heavy atom. The standard InChI is InChI=1S/C13H18FN3O3S/c1-9-6-10(7-11(15)13(9)14)21(19,20)17-5-3-4-16(2)12(18)8-17/h6-7H,3-5,8,15H2,1-2H3. The van der Waals surface area contributed by atoms with Gasteiger partial charge in [0.05, 0.1) is 17.1 Å². The maximum atomic E-state index is 13.5. The van der Waals surface area contributed by atoms with Crippen LogP contribution in [0.4, 0.5) is 10.1 Å². The number of rotatable bonds is 2. The van der Waals surface area contributed by atoms with Crippen molar-refractivity contribution in [1.82, 2.24) is 9.21 Å². The number of benzene rings is 1. The number of hydrogen-bond acceptors (Lipinski definition) is 4. The first-order chi connectivity index (χ1) is 9.73. The molecule has 1 amide bonds. The molecule has 21 heavy (non-hydrogen) atoms. The highest BCUT2D eigenvalue weighted by atomic mass is 32.2. The van der Waals surface area contributed by atoms with Crippen molar-refractivity contribution in [2.24, 2.45) is 0 Å². The van der Waals surface area contributed by atoms with Crippen LogP contribution in [0.5, 0.6) is 0 Å². The summed E-state index contributed by atoms with van der Waals surface area (Å²) in [5.41, 5.74) is 5.44. The minimum Gasteiger partial charge on any atom is -0.396 e. The van der Waals surface area contributed by atoms with Crippen molar-refractivity contribution in [2.75, 3.05) is 32.4 Å². The Labute approximate surface area is 123 Å². The predicted molar refractivity (Wildman–Crippen MR) is 76.6 cm³/mol. The second kappa shape index (κ2) is 5.61. The number of likely N-dealkylation sites (N-methyl/N-ethyl adjacent to an activating group) is 1. The largest absolute Gasteiger partial charge is 0.396 e. The minimum absolute atomic E-state index is 0.0868. The summed E-state index contributed by atoms with van der Waals surface area (Å²) in [6, 6.07) is 2.33. The highest BCUT2D eigenvalue weighted by Gasteiger charge is 2.30. The molecule has 1 aromatic rings. The maximum absolute atomic E-state index is 13.5. The molecule has 0 saturated carbocycles. The average Bonchev–Trinajstić information content (AvgIpc) is 2.58. The Bertz CT molecular complexity index is 652. The van der Waals surface area contributed by atoms with E-state index in [0.717, 1.165) is 10.4 Å². The van der Waals surface area contributed by atoms with Crippen LogP contribution in [0.25, 0.3) is 0 Å². The molecule has 0 atom stereocenters. The normalized spacial score (nSPS) is 17.9. The summed E-state index contributed by atoms with van der Waals surface area (Å²) in [6.07, 6.45) is 0.553. The molecule has 0 unspecified atom stereocenters. The molecule has 0 aliphatic carbocycles. The van der Waals surface area contributed by atoms with Gasteiger partial charge in [0.15, 0.2) is 0 Å². The molecule has 1 aliphatic heterocycles. The molecule has 1 saturated heterocycles. The van der Waals surface area contributed by atoms with Gasteiger partial charge in [-0.25, -0.2) is 12.8 Å². The minimum atomic E-state index is -3.86. The second-order valence-electron chi connectivity index (χ2n) is 5.15. The van der Waals surface area contributed by atoms with Crippen molar-refractivity contribution in [3.63, 3.8) is 0 Å². The van der Waals surface area contributed by atoms with Crippen molar-refractivity contribution in [1.29, 1.82) is 0 Å². The number of nitrogens with two attached hydrogens (primary N) is 1. The molecular weight excluding hydrogens is 297 g/mol. The summed E-state index contributed by atoms with van der Waals surface area (Å²) in [5, 5.41) is 0. The molecule has 2 N–H and O–H groups in total. The molecule has 0 spiro atoms. The Hall–Kier alpha value is -1.67. The smallest absolute Gasteiger partial charge is 0.243 e. The van der Waals surface area contributed by atoms with Crippen LogP contribution in [-0.4, -0.2) is 50.2 Å². The van der Waals surface area contributed by atoms with Crippen molar-refractivity contribution >= 4 is 21.6 Å². The fraction of sp³-hybridized carbons (Fsp3) is 0.462. The molecule has 116 valence electrons. The van der Waals surface area contributed by atoms with Crippen molar-refractivity contribution in [3.8, 4) is 0 Å². The molecule has 0 aromatic heterocycles. The summed E-state index contributed by atoms with van der Waals surface area (Å²) < 4.78 is 39.8. The fourth-order valence-electron chi connectivity index (χ4n) is 2.23. The van der Waals surface area contributed by atoms with E-state index in [4.69, 9.17) is 5.73 Å². The van der Waals surface area contributed by atoms with E-state index in [9.17, 15) is 17.6 Å². The van der Waals surface area contributed by atoms with Gasteiger partial charge >= 0.3 is 0 Å². The van der Waals surface area contributed by atoms with E-state index in [1.165, 1.54) is 17.9 Å². The number of carbonyl (C=O) groups is 1. The third kappa shape index (κ3) is 3.01. The summed E-state index contributed by atoms with van der Waals surface area (Å²) >= 11 is 0. The van der Waals surface area contributed by atoms with Crippen LogP contribution in [0.1, 0.15) is 12.0 Å². The van der Waals surface area contributed by atoms with Gasteiger partial charge in [-0.3, -0.25) is 4.79 Å². The monoisotopic (exact) mass is 315 g/mol. The van der Waals surface area contributed by atoms with Crippen molar-refractivity contribution < 1.29 is 17.6 Å². The lowest BCUT2D eigenvalue weighted by Crippen LogP contribution is -2.38. The first kappa shape index (κ1) is 15.7. The number of amides is 1. The van der Waals surface area contributed by atoms with Crippen molar-refractivity contribution in [3.05, 3.63) is 23.5 Å². The van der Waals surface area contributed by atoms with Gasteiger partial charge in [-0.2, -0.15) is 4.31 Å². The second-order valence-corrected chi connectivity index (χ2v) is 7.09. The number of aryl methyl sites for hydroxylation is 1. The molecule has 0 radical (unpaired) electrons. The number of sulfonamides is 1. The average molecular weight is 315 g/mol. The molecule has 8 heteroatoms. The molecule has 2 rings (SSSR count). The van der Waals surface area contributed by atoms with Crippen LogP contribution >= 0.6 is 0 Å². The molecule has 1 aliphatic rings. The quantitative estimate of drug-likeness (QED) is 0.809. The number of nitrogen functional groups attached to an aromatic ring is 1. The Morgan fingerprint density at radius 2 is 1.95 bits per heavy atom. The van der Waals surface area contributed by atoms with E-state index in [0.29, 0.717) is 13.0 Å². The van der Waals surface area contributed by atoms with E-state index in [-0.39, 0.29) is 35.1 Å². The summed E-state index contributed by atoms with van der Waals surface area (Å²) in [4.78, 5) is 13.2. The van der Waals surface area contributed by atoms with Gasteiger partial charge in [0.1, 0.15) is 5.82 Å². The van der Waals surface area contributed by atoms with Gasteiger partial charge in [-0.1, -0.05) is 0 Å². The third-order valence-corrected chi connectivity index (χ3v) is 5.36. The Morgan fingerprint density at radius 1 is 1.29 bits per heavy atom. The van der Waals surface area contributed by atoms with E-state index in [2.05, 4.69) is 0 Å². The number of hydrogen-bond donors (Lipinski definition) is 1. The predicted octanol–water partition coefficient (Wildman–Crippen LogP) is 0.569. The molecule has 1 fully saturated rings. The Balaban J connectivity index is 2.40. The fourth-order valence-corrected chi connectivity index (χ4v) is 3.78. The third-order valence-electron chi connectivity index (χ3n) is 3.53. The number of halogens is 1. The van der Waals surface area contributed by atoms with Crippen LogP contribution < -0.4 is 5.73 Å². The molecule has 6 nitrogen and oxygen atoms in total. The van der Waals surface area contributed by atoms with Gasteiger partial charge in [0.2, 0.25) is 15.9 Å². The lowest BCUT2D eigenvalue weighted by molar-refractivity contribution is -0.129. The lowest BCUT2D eigenvalue weighted by atomic mass is 10.2. The molecule has 1 aromatic carbocycles. The number of anilines is 1. The van der Waals surface area contributed by atoms with E-state index < -0.39 is 15.8 Å². The lowest BCUT2D eigenvalue weighted by Gasteiger charge is -2.20. The van der Waals surface area contributed by atoms with Crippen LogP contribution in [0.2, 0.25) is 0 Å². The molecule has 0 bridgehead atoms. The highest BCUT2D eigenvalue weighted by molar-refractivity contribution is 7.89. The zero-order valence-electron chi connectivity index (χ0n) is 12.0. The first-order valence-electron chi connectivity index (χ1n) is 6.53. The topological polar surface area (TPSA) is 83.7 Å². The molecular formula is C13H18FN3O3S. The maximum Gasteiger partial charge on any atom is 0.243 e. The van der Waals surface area contributed by atoms with Gasteiger partial charge in [-0.05, 0) is 31.0 Å². The molecule has 1 heterocycles. The van der Waals surface area contributed by atoms with E-state index >= 15 is 0 Å². The highest BCUT2D eigenvalue weighted by Crippen LogP contribution is 2.24. The van der Waals surface area contributed by atoms with Crippen LogP contribution in [0.15, 0.2) is 17.0 Å². The Kier molecular flexibility index (Phi) is 4.20. The van der Waals surface area contributed by atoms with Crippen LogP contribution in [0.3, 0.4) is 0 Å². The number of nitrogens with zero attached hydrogens (tertiary/aromatic N) is 2. The van der Waals surface area contributed by atoms with Gasteiger partial charge in [0, 0.05) is 20.1 Å². The summed E-state index contributed by atoms with van der Waals surface area (Å²) in [5.74, 6) is -0.886. The van der Waals surface area contributed by atoms with Gasteiger partial charge < -0.3 is 10.6 Å². The van der Waals surface area contributed by atoms with Crippen molar-refractivity contribution in [2.45, 2.75) is 18.2 Å². The van der Waals surface area contributed by atoms with Crippen LogP contribution in [0, 0.1) is 12.7 Å². The van der Waals surface area contributed by atoms with E-state index in [1.807, 2.05) is 0 Å². The first-order valence-corrected chi connectivity index (χ1v) is 7.97. The summed E-state index contributed by atoms with van der Waals surface area (Å²) in [7, 11) is -2.23. The van der Waals surface area contributed by atoms with Gasteiger partial charge in [-0.15, -0.1) is 0 Å². The van der Waals surface area contributed by atoms with E-state index in [1.54, 1.807) is 7.05 Å². The van der Waals surface area contributed by atoms with Crippen LogP contribution in [-0.2, 0) is 14.8 Å². The summed E-state index contributed by atoms with van der Waals surface area (Å²) in [6.45, 7) is 1.99.